The number of hydrogen-bond acceptors (Lipinski definition) is 0. The summed E-state index contributed by atoms with van der Waals surface area (Å²) in [7, 11) is 0. The Balaban J connectivity index is 0.00000221. The van der Waals surface area contributed by atoms with E-state index in [4.69, 9.17) is 0 Å². The predicted molar refractivity (Wildman–Crippen MR) is 198 cm³/mol. The van der Waals surface area contributed by atoms with Crippen LogP contribution in [0.2, 0.25) is 0 Å². The molecule has 0 fully saturated rings. The van der Waals surface area contributed by atoms with E-state index in [1.165, 1.54) is 38.9 Å². The second-order valence-corrected chi connectivity index (χ2v) is 36.3. The zero-order valence-electron chi connectivity index (χ0n) is 27.7. The van der Waals surface area contributed by atoms with Crippen LogP contribution in [0.1, 0.15) is 81.3 Å². The van der Waals surface area contributed by atoms with E-state index in [0.717, 1.165) is 12.8 Å². The third-order valence-corrected chi connectivity index (χ3v) is 36.0. The fraction of sp³-hybridized carbons (Fsp3) is 0.300. The maximum absolute atomic E-state index is 4.53. The van der Waals surface area contributed by atoms with Crippen molar-refractivity contribution in [1.29, 1.82) is 0 Å². The first-order chi connectivity index (χ1) is 19.7. The van der Waals surface area contributed by atoms with Gasteiger partial charge in [-0.2, -0.15) is 0 Å². The average Bonchev–Trinajstić information content (AvgIpc) is 3.60. The van der Waals surface area contributed by atoms with Crippen LogP contribution in [0.5, 0.6) is 0 Å². The molecule has 44 heavy (non-hydrogen) atoms. The van der Waals surface area contributed by atoms with Crippen molar-refractivity contribution < 1.29 is 17.4 Å². The Bertz CT molecular complexity index is 1830. The molecule has 4 aromatic carbocycles. The van der Waals surface area contributed by atoms with Gasteiger partial charge in [0.1, 0.15) is 0 Å². The summed E-state index contributed by atoms with van der Waals surface area (Å²) in [6.45, 7) is 21.2. The Labute approximate surface area is 280 Å². The number of hydrogen-bond donors (Lipinski definition) is 0. The van der Waals surface area contributed by atoms with Gasteiger partial charge in [-0.05, 0) is 0 Å². The van der Waals surface area contributed by atoms with Crippen LogP contribution in [0.15, 0.2) is 100 Å². The number of rotatable bonds is 4. The smallest absolute Gasteiger partial charge is 0.147 e. The van der Waals surface area contributed by atoms with Gasteiger partial charge < -0.3 is 0 Å². The van der Waals surface area contributed by atoms with Crippen molar-refractivity contribution in [2.24, 2.45) is 0 Å². The summed E-state index contributed by atoms with van der Waals surface area (Å²) in [5, 5.41) is 0. The number of fused-ring (bicyclic) bond motifs is 3. The molecule has 0 saturated carbocycles. The van der Waals surface area contributed by atoms with E-state index in [9.17, 15) is 0 Å². The summed E-state index contributed by atoms with van der Waals surface area (Å²) in [4.78, 5) is 0. The molecule has 0 aliphatic heterocycles. The summed E-state index contributed by atoms with van der Waals surface area (Å²) in [5.74, 6) is 0. The monoisotopic (exact) mass is 716 g/mol. The van der Waals surface area contributed by atoms with Crippen molar-refractivity contribution in [3.63, 3.8) is 0 Å². The Morgan fingerprint density at radius 1 is 0.682 bits per heavy atom. The first-order valence-corrected chi connectivity index (χ1v) is 26.4. The molecule has 2 aliphatic rings. The molecule has 4 heteroatoms. The minimum Gasteiger partial charge on any atom is -0.147 e. The quantitative estimate of drug-likeness (QED) is 0.163. The molecule has 0 atom stereocenters. The van der Waals surface area contributed by atoms with Gasteiger partial charge >= 0.3 is 258 Å². The second-order valence-electron chi connectivity index (χ2n) is 15.1. The SMILES string of the molecule is Cc1ccc[c]([Zr](=[SiH2])([C]2=CC=CC2)([c]2cccc(C)c2)[c]2c(C(C)(C)C)ccc3c2Cc2cc(C(C)(C)C)ccc2-3)c1.Cl.Cl. The molecule has 0 unspecified atom stereocenters. The molecular weight excluding hydrogens is 671 g/mol. The van der Waals surface area contributed by atoms with Crippen LogP contribution >= 0.6 is 24.8 Å². The first-order valence-electron chi connectivity index (χ1n) is 15.6. The van der Waals surface area contributed by atoms with Crippen molar-refractivity contribution in [3.8, 4) is 11.1 Å². The number of benzene rings is 4. The minimum atomic E-state index is -4.53. The fourth-order valence-electron chi connectivity index (χ4n) is 7.82. The molecule has 2 aliphatic carbocycles. The Morgan fingerprint density at radius 2 is 1.27 bits per heavy atom. The van der Waals surface area contributed by atoms with Crippen molar-refractivity contribution >= 4 is 41.5 Å². The normalized spacial score (nSPS) is 14.3. The van der Waals surface area contributed by atoms with Crippen LogP contribution in [0, 0.1) is 13.8 Å². The van der Waals surface area contributed by atoms with Crippen LogP contribution in [0.25, 0.3) is 11.1 Å². The van der Waals surface area contributed by atoms with Gasteiger partial charge in [-0.1, -0.05) is 0 Å². The molecule has 0 bridgehead atoms. The van der Waals surface area contributed by atoms with Gasteiger partial charge in [0.15, 0.2) is 0 Å². The van der Waals surface area contributed by atoms with Crippen LogP contribution in [0.3, 0.4) is 0 Å². The van der Waals surface area contributed by atoms with Gasteiger partial charge in [-0.15, -0.1) is 24.8 Å². The maximum atomic E-state index is 2.55. The van der Waals surface area contributed by atoms with Crippen molar-refractivity contribution in [2.75, 3.05) is 0 Å². The van der Waals surface area contributed by atoms with Crippen molar-refractivity contribution in [2.45, 2.75) is 79.1 Å². The standard InChI is InChI=1S/C21H25.2C7H7.C5H5.2ClH.H2Si.Zr/c1-20(2,3)16-7-9-18-14(12-16)11-15-13-17(21(4,5)6)8-10-19(15)18;2*1-7-5-3-2-4-6-7;1-2-4-5-3-1;;;;/h7-10,12H,11H2,1-6H3;2*2-3,5-6H,1H3;1-3H,4H2;2*1H;1H2;. The molecule has 0 saturated heterocycles. The molecule has 0 aromatic heterocycles. The van der Waals surface area contributed by atoms with E-state index < -0.39 is 17.4 Å². The van der Waals surface area contributed by atoms with E-state index in [1.54, 1.807) is 18.7 Å². The summed E-state index contributed by atoms with van der Waals surface area (Å²) in [5.41, 5.74) is 11.7. The van der Waals surface area contributed by atoms with E-state index in [0.29, 0.717) is 0 Å². The topological polar surface area (TPSA) is 0 Å². The molecule has 4 aromatic rings. The number of allylic oxidation sites excluding steroid dienone is 4. The Hall–Kier alpha value is -1.96. The summed E-state index contributed by atoms with van der Waals surface area (Å²) in [6, 6.07) is 31.5. The summed E-state index contributed by atoms with van der Waals surface area (Å²) < 4.78 is 6.50. The van der Waals surface area contributed by atoms with Crippen LogP contribution in [-0.2, 0) is 34.6 Å². The average molecular weight is 719 g/mol. The van der Waals surface area contributed by atoms with Gasteiger partial charge in [0.2, 0.25) is 0 Å². The van der Waals surface area contributed by atoms with E-state index in [-0.39, 0.29) is 35.6 Å². The molecule has 0 amide bonds. The summed E-state index contributed by atoms with van der Waals surface area (Å²) >= 11 is -4.53. The van der Waals surface area contributed by atoms with Crippen LogP contribution < -0.4 is 9.81 Å². The third kappa shape index (κ3) is 5.33. The van der Waals surface area contributed by atoms with Gasteiger partial charge in [-0.3, -0.25) is 0 Å². The first kappa shape index (κ1) is 34.9. The Morgan fingerprint density at radius 3 is 1.77 bits per heavy atom. The zero-order valence-corrected chi connectivity index (χ0v) is 33.2. The maximum Gasteiger partial charge on any atom is -0.147 e. The molecule has 0 spiro atoms. The number of aryl methyl sites for hydroxylation is 2. The van der Waals surface area contributed by atoms with E-state index in [1.807, 2.05) is 0 Å². The predicted octanol–water partition coefficient (Wildman–Crippen LogP) is 8.67. The van der Waals surface area contributed by atoms with Crippen LogP contribution in [-0.4, -0.2) is 6.88 Å². The van der Waals surface area contributed by atoms with Gasteiger partial charge in [0.25, 0.3) is 0 Å². The summed E-state index contributed by atoms with van der Waals surface area (Å²) in [6.07, 6.45) is 9.27. The van der Waals surface area contributed by atoms with E-state index in [2.05, 4.69) is 159 Å². The zero-order chi connectivity index (χ0) is 30.1. The number of halogens is 2. The minimum absolute atomic E-state index is 0. The Kier molecular flexibility index (Phi) is 9.52. The molecule has 0 radical (unpaired) electrons. The van der Waals surface area contributed by atoms with Gasteiger partial charge in [-0.25, -0.2) is 0 Å². The molecule has 230 valence electrons. The fourth-order valence-corrected chi connectivity index (χ4v) is 31.5. The second kappa shape index (κ2) is 12.0. The molecule has 6 rings (SSSR count). The molecule has 0 nitrogen and oxygen atoms in total. The molecule has 0 heterocycles. The van der Waals surface area contributed by atoms with Crippen LogP contribution in [0.4, 0.5) is 0 Å². The molecule has 0 N–H and O–H groups in total. The van der Waals surface area contributed by atoms with Gasteiger partial charge in [0.05, 0.1) is 0 Å². The van der Waals surface area contributed by atoms with Crippen molar-refractivity contribution in [1.82, 2.24) is 0 Å². The van der Waals surface area contributed by atoms with Gasteiger partial charge in [0, 0.05) is 0 Å². The third-order valence-electron chi connectivity index (χ3n) is 10.1. The van der Waals surface area contributed by atoms with Crippen molar-refractivity contribution in [3.05, 3.63) is 134 Å². The molecular formula is C40H48Cl2SiZr. The largest absolute Gasteiger partial charge is 0.147 e. The van der Waals surface area contributed by atoms with E-state index >= 15 is 0 Å².